The predicted molar refractivity (Wildman–Crippen MR) is 59.6 cm³/mol. The van der Waals surface area contributed by atoms with Crippen LogP contribution in [-0.4, -0.2) is 21.4 Å². The van der Waals surface area contributed by atoms with Gasteiger partial charge in [-0.05, 0) is 22.4 Å². The molecule has 74 valence electrons. The van der Waals surface area contributed by atoms with Crippen molar-refractivity contribution < 1.29 is 0 Å². The summed E-state index contributed by atoms with van der Waals surface area (Å²) in [6.07, 6.45) is 4.58. The summed E-state index contributed by atoms with van der Waals surface area (Å²) in [6, 6.07) is 0. The lowest BCUT2D eigenvalue weighted by atomic mass is 10.3. The van der Waals surface area contributed by atoms with Gasteiger partial charge in [0, 0.05) is 13.2 Å². The van der Waals surface area contributed by atoms with Gasteiger partial charge in [-0.15, -0.1) is 0 Å². The van der Waals surface area contributed by atoms with Crippen LogP contribution < -0.4 is 5.32 Å². The first-order valence-electron chi connectivity index (χ1n) is 4.46. The monoisotopic (exact) mass is 254 g/mol. The van der Waals surface area contributed by atoms with Gasteiger partial charge in [0.25, 0.3) is 0 Å². The number of anilines is 1. The molecular formula is C9H11BrN4. The number of halogens is 1. The lowest BCUT2D eigenvalue weighted by molar-refractivity contribution is 1.07. The summed E-state index contributed by atoms with van der Waals surface area (Å²) in [5, 5.41) is 3.15. The van der Waals surface area contributed by atoms with Crippen LogP contribution in [0.5, 0.6) is 0 Å². The Morgan fingerprint density at radius 3 is 3.00 bits per heavy atom. The molecule has 0 fully saturated rings. The van der Waals surface area contributed by atoms with E-state index in [2.05, 4.69) is 38.1 Å². The number of hydrogen-bond acceptors (Lipinski definition) is 3. The third-order valence-corrected chi connectivity index (χ3v) is 2.53. The molecule has 0 amide bonds. The first-order valence-corrected chi connectivity index (χ1v) is 5.25. The van der Waals surface area contributed by atoms with Crippen LogP contribution in [-0.2, 0) is 6.42 Å². The van der Waals surface area contributed by atoms with Crippen LogP contribution >= 0.6 is 15.9 Å². The molecule has 5 heteroatoms. The van der Waals surface area contributed by atoms with Crippen molar-refractivity contribution in [2.24, 2.45) is 0 Å². The average molecular weight is 255 g/mol. The number of aromatic nitrogens is 3. The van der Waals surface area contributed by atoms with Gasteiger partial charge in [-0.3, -0.25) is 4.40 Å². The summed E-state index contributed by atoms with van der Waals surface area (Å²) >= 11 is 3.34. The van der Waals surface area contributed by atoms with E-state index in [0.29, 0.717) is 0 Å². The fourth-order valence-electron chi connectivity index (χ4n) is 1.49. The van der Waals surface area contributed by atoms with Crippen LogP contribution in [0, 0.1) is 0 Å². The number of hydrogen-bond donors (Lipinski definition) is 1. The van der Waals surface area contributed by atoms with E-state index in [4.69, 9.17) is 0 Å². The number of nitrogens with zero attached hydrogens (tertiary/aromatic N) is 3. The molecule has 0 atom stereocenters. The Bertz CT molecular complexity index is 463. The zero-order chi connectivity index (χ0) is 10.1. The van der Waals surface area contributed by atoms with Gasteiger partial charge in [-0.1, -0.05) is 6.92 Å². The largest absolute Gasteiger partial charge is 0.373 e. The summed E-state index contributed by atoms with van der Waals surface area (Å²) < 4.78 is 2.80. The Morgan fingerprint density at radius 2 is 2.36 bits per heavy atom. The fourth-order valence-corrected chi connectivity index (χ4v) is 1.80. The molecule has 14 heavy (non-hydrogen) atoms. The van der Waals surface area contributed by atoms with E-state index >= 15 is 0 Å². The second-order valence-electron chi connectivity index (χ2n) is 2.95. The lowest BCUT2D eigenvalue weighted by Gasteiger charge is -2.01. The first-order chi connectivity index (χ1) is 6.76. The molecule has 0 spiro atoms. The van der Waals surface area contributed by atoms with Gasteiger partial charge >= 0.3 is 0 Å². The average Bonchev–Trinajstić information content (AvgIpc) is 2.54. The normalized spacial score (nSPS) is 10.8. The molecule has 0 saturated heterocycles. The molecule has 2 aromatic rings. The van der Waals surface area contributed by atoms with Gasteiger partial charge in [-0.25, -0.2) is 9.97 Å². The van der Waals surface area contributed by atoms with Crippen LogP contribution in [0.25, 0.3) is 5.65 Å². The smallest absolute Gasteiger partial charge is 0.157 e. The minimum absolute atomic E-state index is 0.807. The third kappa shape index (κ3) is 1.37. The zero-order valence-electron chi connectivity index (χ0n) is 8.08. The molecule has 0 saturated carbocycles. The van der Waals surface area contributed by atoms with Gasteiger partial charge in [0.05, 0.1) is 11.9 Å². The van der Waals surface area contributed by atoms with Crippen molar-refractivity contribution in [3.63, 3.8) is 0 Å². The van der Waals surface area contributed by atoms with Gasteiger partial charge in [-0.2, -0.15) is 0 Å². The summed E-state index contributed by atoms with van der Waals surface area (Å²) in [4.78, 5) is 8.60. The third-order valence-electron chi connectivity index (χ3n) is 2.12. The van der Waals surface area contributed by atoms with E-state index in [9.17, 15) is 0 Å². The van der Waals surface area contributed by atoms with E-state index in [-0.39, 0.29) is 0 Å². The molecule has 0 aliphatic rings. The van der Waals surface area contributed by atoms with E-state index < -0.39 is 0 Å². The highest BCUT2D eigenvalue weighted by atomic mass is 79.9. The molecule has 4 nitrogen and oxygen atoms in total. The van der Waals surface area contributed by atoms with Crippen LogP contribution in [0.4, 0.5) is 5.82 Å². The number of rotatable bonds is 2. The Labute approximate surface area is 90.5 Å². The van der Waals surface area contributed by atoms with Crippen molar-refractivity contribution in [1.29, 1.82) is 0 Å². The molecule has 0 radical (unpaired) electrons. The maximum atomic E-state index is 4.46. The minimum atomic E-state index is 0.807. The van der Waals surface area contributed by atoms with Crippen molar-refractivity contribution in [2.45, 2.75) is 13.3 Å². The number of aryl methyl sites for hydroxylation is 1. The quantitative estimate of drug-likeness (QED) is 0.893. The molecular weight excluding hydrogens is 244 g/mol. The highest BCUT2D eigenvalue weighted by molar-refractivity contribution is 9.10. The maximum Gasteiger partial charge on any atom is 0.157 e. The Morgan fingerprint density at radius 1 is 1.57 bits per heavy atom. The molecule has 0 unspecified atom stereocenters. The second kappa shape index (κ2) is 3.57. The maximum absolute atomic E-state index is 4.46. The highest BCUT2D eigenvalue weighted by Crippen LogP contribution is 2.19. The van der Waals surface area contributed by atoms with Crippen molar-refractivity contribution >= 4 is 27.4 Å². The van der Waals surface area contributed by atoms with Crippen LogP contribution in [0.1, 0.15) is 12.6 Å². The Hall–Kier alpha value is -1.10. The van der Waals surface area contributed by atoms with Gasteiger partial charge < -0.3 is 5.32 Å². The number of fused-ring (bicyclic) bond motifs is 1. The molecule has 0 aromatic carbocycles. The fraction of sp³-hybridized carbons (Fsp3) is 0.333. The predicted octanol–water partition coefficient (Wildman–Crippen LogP) is 2.10. The topological polar surface area (TPSA) is 42.2 Å². The summed E-state index contributed by atoms with van der Waals surface area (Å²) in [6.45, 7) is 2.09. The van der Waals surface area contributed by atoms with Crippen molar-refractivity contribution in [3.05, 3.63) is 22.7 Å². The van der Waals surface area contributed by atoms with Gasteiger partial charge in [0.15, 0.2) is 5.65 Å². The van der Waals surface area contributed by atoms with E-state index in [0.717, 1.165) is 28.2 Å². The zero-order valence-corrected chi connectivity index (χ0v) is 9.67. The standard InChI is InChI=1S/C9H11BrN4/c1-3-6-9(11-2)14-5-7(10)12-4-8(14)13-6/h4-5,11H,3H2,1-2H3. The molecule has 2 rings (SSSR count). The first kappa shape index (κ1) is 9.45. The molecule has 0 aliphatic heterocycles. The summed E-state index contributed by atoms with van der Waals surface area (Å²) in [7, 11) is 1.90. The molecule has 1 N–H and O–H groups in total. The Kier molecular flexibility index (Phi) is 2.41. The molecule has 2 heterocycles. The molecule has 2 aromatic heterocycles. The van der Waals surface area contributed by atoms with Gasteiger partial charge in [0.2, 0.25) is 0 Å². The van der Waals surface area contributed by atoms with Crippen molar-refractivity contribution in [3.8, 4) is 0 Å². The molecule has 0 aliphatic carbocycles. The van der Waals surface area contributed by atoms with E-state index in [1.54, 1.807) is 6.20 Å². The lowest BCUT2D eigenvalue weighted by Crippen LogP contribution is -1.97. The SMILES string of the molecule is CCc1nc2cnc(Br)cn2c1NC. The van der Waals surface area contributed by atoms with E-state index in [1.807, 2.05) is 17.6 Å². The minimum Gasteiger partial charge on any atom is -0.373 e. The Balaban J connectivity index is 2.74. The molecule has 0 bridgehead atoms. The van der Waals surface area contributed by atoms with Crippen LogP contribution in [0.15, 0.2) is 17.0 Å². The van der Waals surface area contributed by atoms with Crippen LogP contribution in [0.2, 0.25) is 0 Å². The van der Waals surface area contributed by atoms with Crippen LogP contribution in [0.3, 0.4) is 0 Å². The second-order valence-corrected chi connectivity index (χ2v) is 3.76. The summed E-state index contributed by atoms with van der Waals surface area (Å²) in [5.41, 5.74) is 1.93. The summed E-state index contributed by atoms with van der Waals surface area (Å²) in [5.74, 6) is 1.03. The van der Waals surface area contributed by atoms with E-state index in [1.165, 1.54) is 0 Å². The number of nitrogens with one attached hydrogen (secondary N) is 1. The van der Waals surface area contributed by atoms with Crippen molar-refractivity contribution in [2.75, 3.05) is 12.4 Å². The van der Waals surface area contributed by atoms with Gasteiger partial charge in [0.1, 0.15) is 10.4 Å². The highest BCUT2D eigenvalue weighted by Gasteiger charge is 2.09. The number of imidazole rings is 1. The van der Waals surface area contributed by atoms with Crippen molar-refractivity contribution in [1.82, 2.24) is 14.4 Å².